The van der Waals surface area contributed by atoms with Gasteiger partial charge in [0.1, 0.15) is 12.3 Å². The number of carbonyl (C=O) groups excluding carboxylic acids is 1. The van der Waals surface area contributed by atoms with E-state index in [1.54, 1.807) is 18.3 Å². The second kappa shape index (κ2) is 4.50. The number of allylic oxidation sites excluding steroid dienone is 1. The summed E-state index contributed by atoms with van der Waals surface area (Å²) < 4.78 is 4.95. The van der Waals surface area contributed by atoms with E-state index in [0.717, 1.165) is 5.57 Å². The van der Waals surface area contributed by atoms with Crippen molar-refractivity contribution >= 4 is 5.97 Å². The molecule has 0 saturated carbocycles. The standard InChI is InChI=1S/C10H13NO2/c1-8(2)5-7-13-10(12)9-4-3-6-11-9/h3-6,11H,7H2,1-2H3. The number of aromatic amines is 1. The predicted octanol–water partition coefficient (Wildman–Crippen LogP) is 2.14. The second-order valence-corrected chi connectivity index (χ2v) is 2.96. The molecule has 0 aromatic carbocycles. The normalized spacial score (nSPS) is 9.38. The largest absolute Gasteiger partial charge is 0.457 e. The van der Waals surface area contributed by atoms with Gasteiger partial charge in [0.2, 0.25) is 0 Å². The SMILES string of the molecule is CC(C)=CCOC(=O)c1ccc[nH]1. The molecule has 0 aliphatic carbocycles. The molecule has 0 bridgehead atoms. The van der Waals surface area contributed by atoms with Gasteiger partial charge in [-0.3, -0.25) is 0 Å². The Hall–Kier alpha value is -1.51. The minimum absolute atomic E-state index is 0.317. The summed E-state index contributed by atoms with van der Waals surface area (Å²) in [5.74, 6) is -0.317. The van der Waals surface area contributed by atoms with Crippen LogP contribution in [0.15, 0.2) is 30.0 Å². The molecule has 3 nitrogen and oxygen atoms in total. The molecule has 0 unspecified atom stereocenters. The predicted molar refractivity (Wildman–Crippen MR) is 50.5 cm³/mol. The first kappa shape index (κ1) is 9.58. The number of ether oxygens (including phenoxy) is 1. The van der Waals surface area contributed by atoms with E-state index in [1.165, 1.54) is 0 Å². The Balaban J connectivity index is 2.39. The number of carbonyl (C=O) groups is 1. The lowest BCUT2D eigenvalue weighted by atomic mass is 10.3. The van der Waals surface area contributed by atoms with E-state index in [4.69, 9.17) is 4.74 Å². The lowest BCUT2D eigenvalue weighted by Crippen LogP contribution is -2.05. The molecule has 3 heteroatoms. The molecular weight excluding hydrogens is 166 g/mol. The summed E-state index contributed by atoms with van der Waals surface area (Å²) >= 11 is 0. The van der Waals surface area contributed by atoms with Crippen molar-refractivity contribution in [3.05, 3.63) is 35.7 Å². The van der Waals surface area contributed by atoms with Crippen LogP contribution in [0.5, 0.6) is 0 Å². The maximum absolute atomic E-state index is 11.2. The van der Waals surface area contributed by atoms with Gasteiger partial charge >= 0.3 is 5.97 Å². The van der Waals surface area contributed by atoms with Crippen LogP contribution in [0, 0.1) is 0 Å². The van der Waals surface area contributed by atoms with E-state index in [-0.39, 0.29) is 5.97 Å². The van der Waals surface area contributed by atoms with Crippen molar-refractivity contribution in [2.75, 3.05) is 6.61 Å². The lowest BCUT2D eigenvalue weighted by molar-refractivity contribution is 0.0543. The Morgan fingerprint density at radius 2 is 2.38 bits per heavy atom. The summed E-state index contributed by atoms with van der Waals surface area (Å²) in [4.78, 5) is 14.0. The molecule has 0 saturated heterocycles. The Bertz CT molecular complexity index is 295. The fourth-order valence-corrected chi connectivity index (χ4v) is 0.819. The Labute approximate surface area is 77.4 Å². The highest BCUT2D eigenvalue weighted by Gasteiger charge is 2.04. The quantitative estimate of drug-likeness (QED) is 0.570. The van der Waals surface area contributed by atoms with Gasteiger partial charge in [-0.15, -0.1) is 0 Å². The number of aromatic nitrogens is 1. The van der Waals surface area contributed by atoms with E-state index in [1.807, 2.05) is 19.9 Å². The van der Waals surface area contributed by atoms with Crippen molar-refractivity contribution in [2.45, 2.75) is 13.8 Å². The highest BCUT2D eigenvalue weighted by atomic mass is 16.5. The molecule has 1 N–H and O–H groups in total. The zero-order chi connectivity index (χ0) is 9.68. The third kappa shape index (κ3) is 3.15. The highest BCUT2D eigenvalue weighted by molar-refractivity contribution is 5.87. The molecule has 1 rings (SSSR count). The van der Waals surface area contributed by atoms with Gasteiger partial charge in [-0.25, -0.2) is 4.79 Å². The summed E-state index contributed by atoms with van der Waals surface area (Å²) in [6.45, 7) is 4.26. The van der Waals surface area contributed by atoms with Crippen LogP contribution in [-0.4, -0.2) is 17.6 Å². The van der Waals surface area contributed by atoms with Gasteiger partial charge in [0.05, 0.1) is 0 Å². The number of hydrogen-bond donors (Lipinski definition) is 1. The molecule has 0 aliphatic heterocycles. The third-order valence-corrected chi connectivity index (χ3v) is 1.52. The number of nitrogens with one attached hydrogen (secondary N) is 1. The van der Waals surface area contributed by atoms with Crippen molar-refractivity contribution in [1.29, 1.82) is 0 Å². The number of H-pyrrole nitrogens is 1. The molecule has 0 atom stereocenters. The fourth-order valence-electron chi connectivity index (χ4n) is 0.819. The van der Waals surface area contributed by atoms with E-state index in [2.05, 4.69) is 4.98 Å². The molecule has 13 heavy (non-hydrogen) atoms. The van der Waals surface area contributed by atoms with Crippen LogP contribution in [0.4, 0.5) is 0 Å². The van der Waals surface area contributed by atoms with Gasteiger partial charge in [0.15, 0.2) is 0 Å². The molecule has 70 valence electrons. The van der Waals surface area contributed by atoms with Crippen LogP contribution in [0.25, 0.3) is 0 Å². The summed E-state index contributed by atoms with van der Waals surface area (Å²) in [6, 6.07) is 3.45. The second-order valence-electron chi connectivity index (χ2n) is 2.96. The van der Waals surface area contributed by atoms with Gasteiger partial charge in [0.25, 0.3) is 0 Å². The number of rotatable bonds is 3. The molecule has 0 radical (unpaired) electrons. The number of esters is 1. The van der Waals surface area contributed by atoms with Crippen molar-refractivity contribution in [3.63, 3.8) is 0 Å². The van der Waals surface area contributed by atoms with Crippen LogP contribution < -0.4 is 0 Å². The van der Waals surface area contributed by atoms with E-state index in [9.17, 15) is 4.79 Å². The van der Waals surface area contributed by atoms with Gasteiger partial charge in [-0.1, -0.05) is 5.57 Å². The molecule has 0 spiro atoms. The molecule has 1 aromatic heterocycles. The zero-order valence-electron chi connectivity index (χ0n) is 7.83. The van der Waals surface area contributed by atoms with Crippen LogP contribution >= 0.6 is 0 Å². The van der Waals surface area contributed by atoms with Crippen LogP contribution in [0.2, 0.25) is 0 Å². The van der Waals surface area contributed by atoms with Gasteiger partial charge < -0.3 is 9.72 Å². The Morgan fingerprint density at radius 3 is 2.92 bits per heavy atom. The zero-order valence-corrected chi connectivity index (χ0v) is 7.83. The van der Waals surface area contributed by atoms with Crippen molar-refractivity contribution in [2.24, 2.45) is 0 Å². The molecule has 0 amide bonds. The first-order chi connectivity index (χ1) is 6.20. The van der Waals surface area contributed by atoms with Crippen molar-refractivity contribution in [1.82, 2.24) is 4.98 Å². The maximum Gasteiger partial charge on any atom is 0.355 e. The number of hydrogen-bond acceptors (Lipinski definition) is 2. The van der Waals surface area contributed by atoms with Crippen LogP contribution in [0.1, 0.15) is 24.3 Å². The molecule has 1 aromatic rings. The minimum atomic E-state index is -0.317. The summed E-state index contributed by atoms with van der Waals surface area (Å²) in [7, 11) is 0. The highest BCUT2D eigenvalue weighted by Crippen LogP contribution is 1.98. The van der Waals surface area contributed by atoms with E-state index in [0.29, 0.717) is 12.3 Å². The third-order valence-electron chi connectivity index (χ3n) is 1.52. The Morgan fingerprint density at radius 1 is 1.62 bits per heavy atom. The first-order valence-corrected chi connectivity index (χ1v) is 4.14. The average molecular weight is 179 g/mol. The van der Waals surface area contributed by atoms with Crippen LogP contribution in [-0.2, 0) is 4.74 Å². The molecular formula is C10H13NO2. The maximum atomic E-state index is 11.2. The van der Waals surface area contributed by atoms with Crippen LogP contribution in [0.3, 0.4) is 0 Å². The average Bonchev–Trinajstić information content (AvgIpc) is 2.55. The minimum Gasteiger partial charge on any atom is -0.457 e. The Kier molecular flexibility index (Phi) is 3.31. The summed E-state index contributed by atoms with van der Waals surface area (Å²) in [5, 5.41) is 0. The van der Waals surface area contributed by atoms with Crippen molar-refractivity contribution in [3.8, 4) is 0 Å². The van der Waals surface area contributed by atoms with Gasteiger partial charge in [0, 0.05) is 6.20 Å². The molecule has 0 fully saturated rings. The molecule has 1 heterocycles. The monoisotopic (exact) mass is 179 g/mol. The first-order valence-electron chi connectivity index (χ1n) is 4.14. The van der Waals surface area contributed by atoms with E-state index >= 15 is 0 Å². The van der Waals surface area contributed by atoms with E-state index < -0.39 is 0 Å². The van der Waals surface area contributed by atoms with Gasteiger partial charge in [-0.2, -0.15) is 0 Å². The lowest BCUT2D eigenvalue weighted by Gasteiger charge is -1.99. The fraction of sp³-hybridized carbons (Fsp3) is 0.300. The van der Waals surface area contributed by atoms with Crippen molar-refractivity contribution < 1.29 is 9.53 Å². The summed E-state index contributed by atoms with van der Waals surface area (Å²) in [5.41, 5.74) is 1.63. The topological polar surface area (TPSA) is 42.1 Å². The molecule has 0 aliphatic rings. The smallest absolute Gasteiger partial charge is 0.355 e. The van der Waals surface area contributed by atoms with Gasteiger partial charge in [-0.05, 0) is 32.1 Å². The summed E-state index contributed by atoms with van der Waals surface area (Å²) in [6.07, 6.45) is 3.55.